The van der Waals surface area contributed by atoms with Gasteiger partial charge in [0.05, 0.1) is 29.0 Å². The Bertz CT molecular complexity index is 986. The lowest BCUT2D eigenvalue weighted by atomic mass is 10.1. The number of halogens is 4. The summed E-state index contributed by atoms with van der Waals surface area (Å²) in [6.07, 6.45) is -4.67. The molecule has 0 fully saturated rings. The third-order valence-corrected chi connectivity index (χ3v) is 4.77. The second-order valence-electron chi connectivity index (χ2n) is 6.57. The van der Waals surface area contributed by atoms with Gasteiger partial charge in [-0.3, -0.25) is 9.80 Å². The number of carbonyl (C=O) groups is 1. The molecule has 0 atom stereocenters. The van der Waals surface area contributed by atoms with E-state index in [1.807, 2.05) is 7.05 Å². The average Bonchev–Trinajstić information content (AvgIpc) is 2.90. The van der Waals surface area contributed by atoms with Gasteiger partial charge in [0.15, 0.2) is 0 Å². The quantitative estimate of drug-likeness (QED) is 0.729. The molecule has 2 aromatic rings. The van der Waals surface area contributed by atoms with Gasteiger partial charge in [0.2, 0.25) is 0 Å². The number of amides is 1. The van der Waals surface area contributed by atoms with Crippen LogP contribution in [0.4, 0.5) is 28.9 Å². The monoisotopic (exact) mass is 392 g/mol. The Morgan fingerprint density at radius 2 is 1.89 bits per heavy atom. The molecule has 1 amide bonds. The highest BCUT2D eigenvalue weighted by Crippen LogP contribution is 2.35. The summed E-state index contributed by atoms with van der Waals surface area (Å²) >= 11 is 0. The molecule has 4 rings (SSSR count). The first-order chi connectivity index (χ1) is 13.3. The number of hydrazine groups is 1. The maximum Gasteiger partial charge on any atom is 0.416 e. The molecule has 0 aromatic heterocycles. The van der Waals surface area contributed by atoms with Crippen molar-refractivity contribution in [3.63, 3.8) is 0 Å². The molecule has 146 valence electrons. The van der Waals surface area contributed by atoms with Crippen molar-refractivity contribution in [2.45, 2.75) is 6.18 Å². The van der Waals surface area contributed by atoms with Gasteiger partial charge in [-0.25, -0.2) is 9.82 Å². The summed E-state index contributed by atoms with van der Waals surface area (Å²) in [7, 11) is 1.81. The summed E-state index contributed by atoms with van der Waals surface area (Å²) < 4.78 is 53.5. The van der Waals surface area contributed by atoms with Crippen LogP contribution < -0.4 is 15.6 Å². The Labute approximate surface area is 158 Å². The molecular formula is C19H16F4N4O. The predicted molar refractivity (Wildman–Crippen MR) is 95.9 cm³/mol. The van der Waals surface area contributed by atoms with Crippen LogP contribution >= 0.6 is 0 Å². The van der Waals surface area contributed by atoms with Gasteiger partial charge in [0.25, 0.3) is 5.91 Å². The van der Waals surface area contributed by atoms with Crippen LogP contribution in [0.3, 0.4) is 0 Å². The van der Waals surface area contributed by atoms with Crippen LogP contribution in [-0.2, 0) is 6.18 Å². The molecule has 0 saturated carbocycles. The molecule has 0 saturated heterocycles. The van der Waals surface area contributed by atoms with Crippen molar-refractivity contribution in [1.82, 2.24) is 10.4 Å². The number of rotatable bonds is 1. The molecule has 28 heavy (non-hydrogen) atoms. The number of nitrogens with zero attached hydrogens (tertiary/aromatic N) is 2. The fourth-order valence-electron chi connectivity index (χ4n) is 3.33. The van der Waals surface area contributed by atoms with Crippen molar-refractivity contribution >= 4 is 17.3 Å². The molecule has 0 bridgehead atoms. The molecular weight excluding hydrogens is 376 g/mol. The molecule has 2 aliphatic heterocycles. The average molecular weight is 392 g/mol. The number of anilines is 2. The van der Waals surface area contributed by atoms with Crippen LogP contribution in [-0.4, -0.2) is 31.1 Å². The summed E-state index contributed by atoms with van der Waals surface area (Å²) in [6.45, 7) is 0.576. The number of alkyl halides is 3. The molecule has 2 aliphatic rings. The van der Waals surface area contributed by atoms with E-state index in [1.54, 1.807) is 29.3 Å². The normalized spacial score (nSPS) is 16.5. The molecule has 2 aromatic carbocycles. The fraction of sp³-hybridized carbons (Fsp3) is 0.211. The lowest BCUT2D eigenvalue weighted by molar-refractivity contribution is -0.137. The Balaban J connectivity index is 1.80. The zero-order valence-electron chi connectivity index (χ0n) is 14.8. The number of nitrogens with one attached hydrogen (secondary N) is 2. The number of para-hydroxylation sites is 2. The third kappa shape index (κ3) is 3.07. The van der Waals surface area contributed by atoms with Gasteiger partial charge in [0, 0.05) is 19.2 Å². The van der Waals surface area contributed by atoms with E-state index in [-0.39, 0.29) is 6.54 Å². The van der Waals surface area contributed by atoms with Gasteiger partial charge >= 0.3 is 6.18 Å². The van der Waals surface area contributed by atoms with Gasteiger partial charge in [-0.15, -0.1) is 0 Å². The standard InChI is InChI=1S/C19H16F4N4O/c1-26-17-11(9-24-26)10-27(16-5-3-2-4-15(16)25-17)18(28)13-8-12(19(21,22)23)6-7-14(13)20/h2-8,24-25H,9-10H2,1H3. The van der Waals surface area contributed by atoms with E-state index in [0.717, 1.165) is 11.4 Å². The molecule has 0 aliphatic carbocycles. The summed E-state index contributed by atoms with van der Waals surface area (Å²) in [4.78, 5) is 14.4. The zero-order chi connectivity index (χ0) is 20.1. The van der Waals surface area contributed by atoms with Crippen LogP contribution in [0.15, 0.2) is 53.9 Å². The number of hydrogen-bond acceptors (Lipinski definition) is 4. The second kappa shape index (κ2) is 6.52. The topological polar surface area (TPSA) is 47.6 Å². The highest BCUT2D eigenvalue weighted by atomic mass is 19.4. The molecule has 2 N–H and O–H groups in total. The largest absolute Gasteiger partial charge is 0.416 e. The molecule has 9 heteroatoms. The number of hydrogen-bond donors (Lipinski definition) is 2. The van der Waals surface area contributed by atoms with Gasteiger partial charge in [0.1, 0.15) is 11.6 Å². The highest BCUT2D eigenvalue weighted by Gasteiger charge is 2.34. The molecule has 5 nitrogen and oxygen atoms in total. The summed E-state index contributed by atoms with van der Waals surface area (Å²) in [6, 6.07) is 8.76. The highest BCUT2D eigenvalue weighted by molar-refractivity contribution is 6.08. The Hall–Kier alpha value is -3.07. The minimum absolute atomic E-state index is 0.116. The smallest absolute Gasteiger partial charge is 0.339 e. The minimum Gasteiger partial charge on any atom is -0.339 e. The van der Waals surface area contributed by atoms with Gasteiger partial charge in [-0.1, -0.05) is 12.1 Å². The van der Waals surface area contributed by atoms with E-state index in [1.165, 1.54) is 4.90 Å². The third-order valence-electron chi connectivity index (χ3n) is 4.77. The first-order valence-corrected chi connectivity index (χ1v) is 8.49. The first kappa shape index (κ1) is 18.3. The summed E-state index contributed by atoms with van der Waals surface area (Å²) in [5.41, 5.74) is 3.31. The lowest BCUT2D eigenvalue weighted by Gasteiger charge is -2.24. The SMILES string of the molecule is CN1NCC2=C1Nc1ccccc1N(C(=O)c1cc(C(F)(F)F)ccc1F)C2. The van der Waals surface area contributed by atoms with Crippen LogP contribution in [0.2, 0.25) is 0 Å². The number of fused-ring (bicyclic) bond motifs is 1. The second-order valence-corrected chi connectivity index (χ2v) is 6.57. The molecule has 0 spiro atoms. The van der Waals surface area contributed by atoms with Crippen LogP contribution in [0.5, 0.6) is 0 Å². The Morgan fingerprint density at radius 3 is 2.64 bits per heavy atom. The van der Waals surface area contributed by atoms with E-state index in [9.17, 15) is 22.4 Å². The van der Waals surface area contributed by atoms with Gasteiger partial charge in [-0.05, 0) is 30.3 Å². The summed E-state index contributed by atoms with van der Waals surface area (Å²) in [5, 5.41) is 5.00. The van der Waals surface area contributed by atoms with Crippen molar-refractivity contribution in [3.8, 4) is 0 Å². The van der Waals surface area contributed by atoms with E-state index in [2.05, 4.69) is 10.7 Å². The first-order valence-electron chi connectivity index (χ1n) is 8.49. The van der Waals surface area contributed by atoms with Crippen molar-refractivity contribution in [2.75, 3.05) is 30.4 Å². The lowest BCUT2D eigenvalue weighted by Crippen LogP contribution is -2.35. The molecule has 2 heterocycles. The van der Waals surface area contributed by atoms with E-state index in [0.29, 0.717) is 36.1 Å². The van der Waals surface area contributed by atoms with Crippen LogP contribution in [0, 0.1) is 5.82 Å². The van der Waals surface area contributed by atoms with Crippen LogP contribution in [0.1, 0.15) is 15.9 Å². The maximum absolute atomic E-state index is 14.3. The van der Waals surface area contributed by atoms with Crippen LogP contribution in [0.25, 0.3) is 0 Å². The fourth-order valence-corrected chi connectivity index (χ4v) is 3.33. The van der Waals surface area contributed by atoms with E-state index in [4.69, 9.17) is 0 Å². The molecule has 0 unspecified atom stereocenters. The van der Waals surface area contributed by atoms with Crippen molar-refractivity contribution in [3.05, 3.63) is 70.8 Å². The predicted octanol–water partition coefficient (Wildman–Crippen LogP) is 3.58. The van der Waals surface area contributed by atoms with Crippen molar-refractivity contribution in [2.24, 2.45) is 0 Å². The van der Waals surface area contributed by atoms with Crippen molar-refractivity contribution in [1.29, 1.82) is 0 Å². The number of benzene rings is 2. The summed E-state index contributed by atoms with van der Waals surface area (Å²) in [5.74, 6) is -1.07. The van der Waals surface area contributed by atoms with E-state index >= 15 is 0 Å². The minimum atomic E-state index is -4.67. The van der Waals surface area contributed by atoms with E-state index < -0.39 is 29.0 Å². The Morgan fingerprint density at radius 1 is 1.14 bits per heavy atom. The maximum atomic E-state index is 14.3. The zero-order valence-corrected chi connectivity index (χ0v) is 14.8. The number of carbonyl (C=O) groups excluding carboxylic acids is 1. The Kier molecular flexibility index (Phi) is 4.26. The van der Waals surface area contributed by atoms with Gasteiger partial charge in [-0.2, -0.15) is 13.2 Å². The van der Waals surface area contributed by atoms with Gasteiger partial charge < -0.3 is 10.2 Å². The molecule has 0 radical (unpaired) electrons. The van der Waals surface area contributed by atoms with Crippen molar-refractivity contribution < 1.29 is 22.4 Å².